The van der Waals surface area contributed by atoms with Gasteiger partial charge in [-0.25, -0.2) is 0 Å². The standard InChI is InChI=1S/C15H12Br2O2/c1-2-19-14-7-6-12(17)9-13(14)15(18)10-4-3-5-11(16)8-10/h3-9H,2H2,1H3. The van der Waals surface area contributed by atoms with Crippen molar-refractivity contribution < 1.29 is 9.53 Å². The van der Waals surface area contributed by atoms with Crippen LogP contribution in [0.25, 0.3) is 0 Å². The number of ketones is 1. The second kappa shape index (κ2) is 6.35. The Bertz CT molecular complexity index is 609. The number of halogens is 2. The van der Waals surface area contributed by atoms with Crippen molar-refractivity contribution in [2.75, 3.05) is 6.61 Å². The minimum atomic E-state index is -0.0500. The molecule has 2 nitrogen and oxygen atoms in total. The van der Waals surface area contributed by atoms with E-state index < -0.39 is 0 Å². The first-order valence-electron chi connectivity index (χ1n) is 5.84. The lowest BCUT2D eigenvalue weighted by molar-refractivity contribution is 0.103. The van der Waals surface area contributed by atoms with Gasteiger partial charge in [0.2, 0.25) is 0 Å². The van der Waals surface area contributed by atoms with Gasteiger partial charge in [-0.3, -0.25) is 4.79 Å². The van der Waals surface area contributed by atoms with E-state index in [1.165, 1.54) is 0 Å². The molecule has 0 spiro atoms. The van der Waals surface area contributed by atoms with Gasteiger partial charge in [0.05, 0.1) is 12.2 Å². The highest BCUT2D eigenvalue weighted by atomic mass is 79.9. The lowest BCUT2D eigenvalue weighted by Crippen LogP contribution is -2.05. The third kappa shape index (κ3) is 3.45. The molecular weight excluding hydrogens is 372 g/mol. The SMILES string of the molecule is CCOc1ccc(Br)cc1C(=O)c1cccc(Br)c1. The van der Waals surface area contributed by atoms with Crippen LogP contribution in [0.3, 0.4) is 0 Å². The average molecular weight is 384 g/mol. The Morgan fingerprint density at radius 1 is 1.11 bits per heavy atom. The van der Waals surface area contributed by atoms with Crippen molar-refractivity contribution in [2.45, 2.75) is 6.92 Å². The molecule has 98 valence electrons. The summed E-state index contributed by atoms with van der Waals surface area (Å²) in [4.78, 5) is 12.5. The van der Waals surface area contributed by atoms with Crippen LogP contribution in [-0.4, -0.2) is 12.4 Å². The van der Waals surface area contributed by atoms with E-state index in [4.69, 9.17) is 4.74 Å². The molecule has 2 aromatic carbocycles. The van der Waals surface area contributed by atoms with Crippen LogP contribution in [0.5, 0.6) is 5.75 Å². The highest BCUT2D eigenvalue weighted by molar-refractivity contribution is 9.10. The van der Waals surface area contributed by atoms with Crippen LogP contribution in [0.1, 0.15) is 22.8 Å². The molecule has 0 unspecified atom stereocenters. The summed E-state index contributed by atoms with van der Waals surface area (Å²) in [6.07, 6.45) is 0. The summed E-state index contributed by atoms with van der Waals surface area (Å²) in [6, 6.07) is 12.8. The van der Waals surface area contributed by atoms with Crippen LogP contribution in [0.4, 0.5) is 0 Å². The second-order valence-corrected chi connectivity index (χ2v) is 5.74. The van der Waals surface area contributed by atoms with Gasteiger partial charge < -0.3 is 4.74 Å². The molecule has 0 aromatic heterocycles. The normalized spacial score (nSPS) is 10.3. The fourth-order valence-corrected chi connectivity index (χ4v) is 2.51. The molecule has 0 bridgehead atoms. The van der Waals surface area contributed by atoms with Crippen molar-refractivity contribution in [1.29, 1.82) is 0 Å². The number of hydrogen-bond donors (Lipinski definition) is 0. The number of ether oxygens (including phenoxy) is 1. The Kier molecular flexibility index (Phi) is 4.77. The van der Waals surface area contributed by atoms with Crippen molar-refractivity contribution in [3.05, 3.63) is 62.5 Å². The predicted molar refractivity (Wildman–Crippen MR) is 82.9 cm³/mol. The predicted octanol–water partition coefficient (Wildman–Crippen LogP) is 4.84. The van der Waals surface area contributed by atoms with Crippen LogP contribution in [0.15, 0.2) is 51.4 Å². The lowest BCUT2D eigenvalue weighted by atomic mass is 10.0. The third-order valence-corrected chi connectivity index (χ3v) is 3.56. The van der Waals surface area contributed by atoms with Crippen LogP contribution >= 0.6 is 31.9 Å². The monoisotopic (exact) mass is 382 g/mol. The summed E-state index contributed by atoms with van der Waals surface area (Å²) in [5.41, 5.74) is 1.20. The maximum absolute atomic E-state index is 12.5. The number of benzene rings is 2. The molecule has 0 N–H and O–H groups in total. The van der Waals surface area contributed by atoms with E-state index in [-0.39, 0.29) is 5.78 Å². The molecule has 0 amide bonds. The first kappa shape index (κ1) is 14.3. The summed E-state index contributed by atoms with van der Waals surface area (Å²) in [7, 11) is 0. The van der Waals surface area contributed by atoms with Gasteiger partial charge in [-0.1, -0.05) is 44.0 Å². The largest absolute Gasteiger partial charge is 0.493 e. The minimum Gasteiger partial charge on any atom is -0.493 e. The summed E-state index contributed by atoms with van der Waals surface area (Å²) < 4.78 is 7.25. The molecule has 0 fully saturated rings. The van der Waals surface area contributed by atoms with Gasteiger partial charge in [0.25, 0.3) is 0 Å². The second-order valence-electron chi connectivity index (χ2n) is 3.91. The van der Waals surface area contributed by atoms with Gasteiger partial charge >= 0.3 is 0 Å². The van der Waals surface area contributed by atoms with Crippen LogP contribution in [-0.2, 0) is 0 Å². The Hall–Kier alpha value is -1.13. The summed E-state index contributed by atoms with van der Waals surface area (Å²) in [6.45, 7) is 2.43. The van der Waals surface area contributed by atoms with E-state index in [1.54, 1.807) is 24.3 Å². The molecule has 0 atom stereocenters. The molecule has 4 heteroatoms. The minimum absolute atomic E-state index is 0.0500. The van der Waals surface area contributed by atoms with Gasteiger partial charge in [0.15, 0.2) is 5.78 Å². The molecule has 0 saturated carbocycles. The Morgan fingerprint density at radius 2 is 1.84 bits per heavy atom. The number of hydrogen-bond acceptors (Lipinski definition) is 2. The zero-order valence-electron chi connectivity index (χ0n) is 10.3. The number of carbonyl (C=O) groups excluding carboxylic acids is 1. The van der Waals surface area contributed by atoms with Crippen molar-refractivity contribution in [3.63, 3.8) is 0 Å². The first-order chi connectivity index (χ1) is 9.11. The van der Waals surface area contributed by atoms with Gasteiger partial charge in [-0.05, 0) is 37.3 Å². The fourth-order valence-electron chi connectivity index (χ4n) is 1.75. The molecule has 0 aliphatic rings. The highest BCUT2D eigenvalue weighted by Crippen LogP contribution is 2.26. The van der Waals surface area contributed by atoms with Crippen molar-refractivity contribution >= 4 is 37.6 Å². The molecule has 0 aliphatic carbocycles. The topological polar surface area (TPSA) is 26.3 Å². The smallest absolute Gasteiger partial charge is 0.196 e. The maximum atomic E-state index is 12.5. The fraction of sp³-hybridized carbons (Fsp3) is 0.133. The Morgan fingerprint density at radius 3 is 2.53 bits per heavy atom. The van der Waals surface area contributed by atoms with Gasteiger partial charge in [0, 0.05) is 14.5 Å². The zero-order chi connectivity index (χ0) is 13.8. The highest BCUT2D eigenvalue weighted by Gasteiger charge is 2.15. The van der Waals surface area contributed by atoms with Crippen molar-refractivity contribution in [1.82, 2.24) is 0 Å². The van der Waals surface area contributed by atoms with E-state index in [0.717, 1.165) is 8.95 Å². The van der Waals surface area contributed by atoms with E-state index >= 15 is 0 Å². The zero-order valence-corrected chi connectivity index (χ0v) is 13.5. The van der Waals surface area contributed by atoms with Gasteiger partial charge in [0.1, 0.15) is 5.75 Å². The van der Waals surface area contributed by atoms with E-state index in [9.17, 15) is 4.79 Å². The average Bonchev–Trinajstić information content (AvgIpc) is 2.40. The van der Waals surface area contributed by atoms with Crippen LogP contribution in [0.2, 0.25) is 0 Å². The molecule has 0 heterocycles. The lowest BCUT2D eigenvalue weighted by Gasteiger charge is -2.10. The first-order valence-corrected chi connectivity index (χ1v) is 7.43. The van der Waals surface area contributed by atoms with Crippen LogP contribution in [0, 0.1) is 0 Å². The Labute approximate surface area is 129 Å². The quantitative estimate of drug-likeness (QED) is 0.706. The summed E-state index contributed by atoms with van der Waals surface area (Å²) in [5.74, 6) is 0.557. The number of rotatable bonds is 4. The summed E-state index contributed by atoms with van der Waals surface area (Å²) in [5, 5.41) is 0. The molecule has 0 aliphatic heterocycles. The maximum Gasteiger partial charge on any atom is 0.196 e. The molecule has 2 aromatic rings. The van der Waals surface area contributed by atoms with Crippen molar-refractivity contribution in [3.8, 4) is 5.75 Å². The van der Waals surface area contributed by atoms with Crippen LogP contribution < -0.4 is 4.74 Å². The molecule has 2 rings (SSSR count). The third-order valence-electron chi connectivity index (χ3n) is 2.57. The molecule has 19 heavy (non-hydrogen) atoms. The molecule has 0 radical (unpaired) electrons. The summed E-state index contributed by atoms with van der Waals surface area (Å²) >= 11 is 6.76. The van der Waals surface area contributed by atoms with Gasteiger partial charge in [-0.15, -0.1) is 0 Å². The molecular formula is C15H12Br2O2. The number of carbonyl (C=O) groups is 1. The van der Waals surface area contributed by atoms with E-state index in [0.29, 0.717) is 23.5 Å². The Balaban J connectivity index is 2.45. The van der Waals surface area contributed by atoms with Crippen molar-refractivity contribution in [2.24, 2.45) is 0 Å². The van der Waals surface area contributed by atoms with E-state index in [1.807, 2.05) is 25.1 Å². The molecule has 0 saturated heterocycles. The van der Waals surface area contributed by atoms with E-state index in [2.05, 4.69) is 31.9 Å². The van der Waals surface area contributed by atoms with Gasteiger partial charge in [-0.2, -0.15) is 0 Å².